The topological polar surface area (TPSA) is 81.2 Å². The number of carbonyl (C=O) groups excluding carboxylic acids is 2. The number of nitrogens with one attached hydrogen (secondary N) is 1. The molecule has 5 aromatic rings. The molecule has 1 N–H and O–H groups in total. The molecule has 38 heavy (non-hydrogen) atoms. The van der Waals surface area contributed by atoms with Crippen LogP contribution in [0.15, 0.2) is 109 Å². The van der Waals surface area contributed by atoms with Gasteiger partial charge in [0.25, 0.3) is 5.91 Å². The lowest BCUT2D eigenvalue weighted by Crippen LogP contribution is -2.35. The van der Waals surface area contributed by atoms with E-state index in [1.807, 2.05) is 91.0 Å². The number of aryl methyl sites for hydroxylation is 1. The number of fused-ring (bicyclic) bond motifs is 1. The van der Waals surface area contributed by atoms with Crippen LogP contribution in [-0.4, -0.2) is 29.0 Å². The predicted molar refractivity (Wildman–Crippen MR) is 147 cm³/mol. The van der Waals surface area contributed by atoms with Gasteiger partial charge in [-0.15, -0.1) is 0 Å². The molecule has 188 valence electrons. The summed E-state index contributed by atoms with van der Waals surface area (Å²) in [4.78, 5) is 36.4. The van der Waals surface area contributed by atoms with E-state index in [-0.39, 0.29) is 5.91 Å². The van der Waals surface area contributed by atoms with Crippen LogP contribution in [0.1, 0.15) is 33.2 Å². The van der Waals surface area contributed by atoms with E-state index in [9.17, 15) is 9.59 Å². The lowest BCUT2D eigenvalue weighted by Gasteiger charge is -2.21. The number of ether oxygens (including phenoxy) is 1. The molecule has 0 saturated carbocycles. The fraction of sp³-hybridized carbons (Fsp3) is 0.125. The van der Waals surface area contributed by atoms with Gasteiger partial charge in [-0.25, -0.2) is 9.78 Å². The Bertz CT molecular complexity index is 1560. The van der Waals surface area contributed by atoms with E-state index in [1.54, 1.807) is 18.3 Å². The molecule has 0 aliphatic carbocycles. The second-order valence-corrected chi connectivity index (χ2v) is 8.86. The zero-order valence-corrected chi connectivity index (χ0v) is 21.0. The lowest BCUT2D eigenvalue weighted by molar-refractivity contribution is -0.143. The number of aromatic nitrogens is 2. The molecule has 0 spiro atoms. The Morgan fingerprint density at radius 1 is 0.816 bits per heavy atom. The van der Waals surface area contributed by atoms with E-state index in [0.717, 1.165) is 27.9 Å². The van der Waals surface area contributed by atoms with Crippen molar-refractivity contribution >= 4 is 22.8 Å². The molecule has 0 bridgehead atoms. The number of para-hydroxylation sites is 1. The summed E-state index contributed by atoms with van der Waals surface area (Å²) >= 11 is 0. The van der Waals surface area contributed by atoms with Crippen molar-refractivity contribution in [3.05, 3.63) is 132 Å². The number of nitrogens with zero attached hydrogens (tertiary/aromatic N) is 2. The van der Waals surface area contributed by atoms with Crippen molar-refractivity contribution in [3.8, 4) is 11.3 Å². The summed E-state index contributed by atoms with van der Waals surface area (Å²) in [5.41, 5.74) is 5.21. The third-order valence-electron chi connectivity index (χ3n) is 6.47. The molecule has 2 heterocycles. The van der Waals surface area contributed by atoms with E-state index < -0.39 is 12.0 Å². The molecule has 0 radical (unpaired) electrons. The van der Waals surface area contributed by atoms with Crippen molar-refractivity contribution < 1.29 is 14.3 Å². The second kappa shape index (κ2) is 11.5. The Balaban J connectivity index is 1.66. The molecular weight excluding hydrogens is 474 g/mol. The van der Waals surface area contributed by atoms with E-state index in [0.29, 0.717) is 29.5 Å². The molecule has 1 amide bonds. The van der Waals surface area contributed by atoms with E-state index >= 15 is 0 Å². The summed E-state index contributed by atoms with van der Waals surface area (Å²) < 4.78 is 5.05. The molecule has 0 aliphatic rings. The van der Waals surface area contributed by atoms with Gasteiger partial charge in [0.15, 0.2) is 6.04 Å². The number of hydrogen-bond donors (Lipinski definition) is 1. The van der Waals surface area contributed by atoms with Crippen LogP contribution in [0.2, 0.25) is 0 Å². The average Bonchev–Trinajstić information content (AvgIpc) is 2.99. The Hall–Kier alpha value is -4.84. The van der Waals surface area contributed by atoms with E-state index in [2.05, 4.69) is 10.3 Å². The average molecular weight is 502 g/mol. The van der Waals surface area contributed by atoms with Gasteiger partial charge in [-0.05, 0) is 42.2 Å². The van der Waals surface area contributed by atoms with Gasteiger partial charge in [0.05, 0.1) is 23.9 Å². The van der Waals surface area contributed by atoms with Crippen molar-refractivity contribution in [2.45, 2.75) is 18.9 Å². The third kappa shape index (κ3) is 5.30. The van der Waals surface area contributed by atoms with Crippen LogP contribution >= 0.6 is 0 Å². The SMILES string of the molecule is COC(=O)C(NC(=O)c1c(CCc2ccccn2)c(-c2ccccc2)nc2ccccc12)c1ccccc1. The highest BCUT2D eigenvalue weighted by atomic mass is 16.5. The van der Waals surface area contributed by atoms with Crippen molar-refractivity contribution in [2.24, 2.45) is 0 Å². The first kappa shape index (κ1) is 24.8. The first-order chi connectivity index (χ1) is 18.7. The Morgan fingerprint density at radius 3 is 2.21 bits per heavy atom. The van der Waals surface area contributed by atoms with Crippen LogP contribution < -0.4 is 5.32 Å². The van der Waals surface area contributed by atoms with Crippen LogP contribution in [-0.2, 0) is 22.4 Å². The number of hydrogen-bond acceptors (Lipinski definition) is 5. The Labute approximate surface area is 221 Å². The molecule has 6 heteroatoms. The highest BCUT2D eigenvalue weighted by Gasteiger charge is 2.28. The summed E-state index contributed by atoms with van der Waals surface area (Å²) in [6.45, 7) is 0. The summed E-state index contributed by atoms with van der Waals surface area (Å²) in [5.74, 6) is -0.905. The molecule has 1 atom stereocenters. The van der Waals surface area contributed by atoms with Crippen LogP contribution in [0.5, 0.6) is 0 Å². The maximum atomic E-state index is 14.1. The maximum absolute atomic E-state index is 14.1. The monoisotopic (exact) mass is 501 g/mol. The predicted octanol–water partition coefficient (Wildman–Crippen LogP) is 5.73. The third-order valence-corrected chi connectivity index (χ3v) is 6.47. The molecule has 3 aromatic carbocycles. The summed E-state index contributed by atoms with van der Waals surface area (Å²) in [7, 11) is 1.32. The number of benzene rings is 3. The Kier molecular flexibility index (Phi) is 7.50. The number of rotatable bonds is 8. The van der Waals surface area contributed by atoms with Crippen molar-refractivity contribution in [2.75, 3.05) is 7.11 Å². The zero-order valence-electron chi connectivity index (χ0n) is 21.0. The van der Waals surface area contributed by atoms with E-state index in [1.165, 1.54) is 7.11 Å². The van der Waals surface area contributed by atoms with Gasteiger partial charge >= 0.3 is 5.97 Å². The minimum Gasteiger partial charge on any atom is -0.467 e. The fourth-order valence-corrected chi connectivity index (χ4v) is 4.63. The first-order valence-corrected chi connectivity index (χ1v) is 12.5. The van der Waals surface area contributed by atoms with Gasteiger partial charge in [0, 0.05) is 22.8 Å². The van der Waals surface area contributed by atoms with Crippen molar-refractivity contribution in [3.63, 3.8) is 0 Å². The minimum absolute atomic E-state index is 0.365. The quantitative estimate of drug-likeness (QED) is 0.275. The lowest BCUT2D eigenvalue weighted by atomic mass is 9.92. The van der Waals surface area contributed by atoms with Gasteiger partial charge in [-0.3, -0.25) is 9.78 Å². The van der Waals surface area contributed by atoms with Gasteiger partial charge in [0.1, 0.15) is 0 Å². The smallest absolute Gasteiger partial charge is 0.333 e. The molecule has 1 unspecified atom stereocenters. The van der Waals surface area contributed by atoms with Gasteiger partial charge < -0.3 is 10.1 Å². The van der Waals surface area contributed by atoms with Gasteiger partial charge in [-0.2, -0.15) is 0 Å². The molecule has 0 fully saturated rings. The largest absolute Gasteiger partial charge is 0.467 e. The maximum Gasteiger partial charge on any atom is 0.333 e. The molecule has 0 saturated heterocycles. The summed E-state index contributed by atoms with van der Waals surface area (Å²) in [6, 6.07) is 31.4. The van der Waals surface area contributed by atoms with Gasteiger partial charge in [0.2, 0.25) is 0 Å². The summed E-state index contributed by atoms with van der Waals surface area (Å²) in [5, 5.41) is 3.67. The molecule has 0 aliphatic heterocycles. The van der Waals surface area contributed by atoms with Crippen LogP contribution in [0.25, 0.3) is 22.2 Å². The summed E-state index contributed by atoms with van der Waals surface area (Å²) in [6.07, 6.45) is 2.93. The first-order valence-electron chi connectivity index (χ1n) is 12.5. The van der Waals surface area contributed by atoms with Crippen LogP contribution in [0.3, 0.4) is 0 Å². The second-order valence-electron chi connectivity index (χ2n) is 8.86. The fourth-order valence-electron chi connectivity index (χ4n) is 4.63. The minimum atomic E-state index is -0.954. The van der Waals surface area contributed by atoms with Crippen LogP contribution in [0, 0.1) is 0 Å². The zero-order chi connectivity index (χ0) is 26.3. The molecule has 2 aromatic heterocycles. The molecule has 6 nitrogen and oxygen atoms in total. The van der Waals surface area contributed by atoms with Crippen LogP contribution in [0.4, 0.5) is 0 Å². The number of carbonyl (C=O) groups is 2. The Morgan fingerprint density at radius 2 is 1.50 bits per heavy atom. The normalized spacial score (nSPS) is 11.6. The highest BCUT2D eigenvalue weighted by Crippen LogP contribution is 2.32. The van der Waals surface area contributed by atoms with Crippen molar-refractivity contribution in [1.29, 1.82) is 0 Å². The number of esters is 1. The molecular formula is C32H27N3O3. The van der Waals surface area contributed by atoms with Crippen molar-refractivity contribution in [1.82, 2.24) is 15.3 Å². The standard InChI is InChI=1S/C32H27N3O3/c1-38-32(37)30(23-14-6-3-7-15-23)35-31(36)28-25-17-8-9-18-27(25)34-29(22-12-4-2-5-13-22)26(28)20-19-24-16-10-11-21-33-24/h2-18,21,30H,19-20H2,1H3,(H,35,36). The number of pyridine rings is 2. The van der Waals surface area contributed by atoms with Gasteiger partial charge in [-0.1, -0.05) is 84.9 Å². The highest BCUT2D eigenvalue weighted by molar-refractivity contribution is 6.10. The number of methoxy groups -OCH3 is 1. The number of amides is 1. The van der Waals surface area contributed by atoms with E-state index in [4.69, 9.17) is 9.72 Å². The molecule has 5 rings (SSSR count).